The van der Waals surface area contributed by atoms with Crippen molar-refractivity contribution in [2.24, 2.45) is 5.92 Å². The molecule has 0 spiro atoms. The smallest absolute Gasteiger partial charge is 0.328 e. The van der Waals surface area contributed by atoms with Gasteiger partial charge in [-0.15, -0.1) is 0 Å². The molecule has 0 aliphatic carbocycles. The predicted octanol–water partition coefficient (Wildman–Crippen LogP) is 3.31. The number of rotatable bonds is 5. The van der Waals surface area contributed by atoms with E-state index in [9.17, 15) is 9.59 Å². The zero-order valence-corrected chi connectivity index (χ0v) is 17.0. The molecule has 2 heterocycles. The van der Waals surface area contributed by atoms with Gasteiger partial charge in [-0.25, -0.2) is 14.6 Å². The van der Waals surface area contributed by atoms with E-state index in [0.717, 1.165) is 17.0 Å². The van der Waals surface area contributed by atoms with Crippen LogP contribution in [0.1, 0.15) is 43.3 Å². The van der Waals surface area contributed by atoms with Crippen LogP contribution in [-0.4, -0.2) is 46.6 Å². The number of urea groups is 1. The fourth-order valence-electron chi connectivity index (χ4n) is 3.57. The number of hydrogen-bond acceptors (Lipinski definition) is 4. The first-order valence-electron chi connectivity index (χ1n) is 9.33. The second-order valence-electron chi connectivity index (χ2n) is 7.32. The molecule has 1 aliphatic heterocycles. The third-order valence-electron chi connectivity index (χ3n) is 4.84. The second-order valence-corrected chi connectivity index (χ2v) is 7.76. The van der Waals surface area contributed by atoms with Gasteiger partial charge in [-0.05, 0) is 30.0 Å². The van der Waals surface area contributed by atoms with Gasteiger partial charge in [-0.2, -0.15) is 0 Å². The summed E-state index contributed by atoms with van der Waals surface area (Å²) in [5, 5.41) is 3.44. The zero-order valence-electron chi connectivity index (χ0n) is 16.2. The molecule has 2 amide bonds. The van der Waals surface area contributed by atoms with Gasteiger partial charge < -0.3 is 19.9 Å². The van der Waals surface area contributed by atoms with Gasteiger partial charge in [0, 0.05) is 23.7 Å². The molecule has 0 fully saturated rings. The number of fused-ring (bicyclic) bond motifs is 1. The number of halogens is 1. The quantitative estimate of drug-likeness (QED) is 0.748. The van der Waals surface area contributed by atoms with Crippen molar-refractivity contribution in [2.45, 2.75) is 38.8 Å². The molecule has 0 saturated carbocycles. The van der Waals surface area contributed by atoms with Gasteiger partial charge >= 0.3 is 12.0 Å². The van der Waals surface area contributed by atoms with Crippen LogP contribution in [-0.2, 0) is 16.0 Å². The molecule has 2 unspecified atom stereocenters. The number of esters is 1. The number of amides is 2. The highest BCUT2D eigenvalue weighted by molar-refractivity contribution is 6.30. The number of aromatic nitrogens is 2. The minimum absolute atomic E-state index is 0.229. The number of ether oxygens (including phenoxy) is 1. The first-order chi connectivity index (χ1) is 13.4. The second kappa shape index (κ2) is 8.65. The summed E-state index contributed by atoms with van der Waals surface area (Å²) in [6.07, 6.45) is 2.80. The Labute approximate surface area is 169 Å². The average Bonchev–Trinajstić information content (AvgIpc) is 3.14. The van der Waals surface area contributed by atoms with Crippen molar-refractivity contribution < 1.29 is 14.3 Å². The van der Waals surface area contributed by atoms with Crippen molar-refractivity contribution in [2.75, 3.05) is 13.7 Å². The van der Waals surface area contributed by atoms with Crippen LogP contribution in [0.5, 0.6) is 0 Å². The fourth-order valence-corrected chi connectivity index (χ4v) is 3.77. The Hall–Kier alpha value is -2.54. The molecule has 28 heavy (non-hydrogen) atoms. The third-order valence-corrected chi connectivity index (χ3v) is 5.08. The highest BCUT2D eigenvalue weighted by Gasteiger charge is 2.36. The number of benzene rings is 1. The van der Waals surface area contributed by atoms with Gasteiger partial charge in [0.25, 0.3) is 0 Å². The van der Waals surface area contributed by atoms with E-state index in [2.05, 4.69) is 15.3 Å². The topological polar surface area (TPSA) is 87.3 Å². The molecule has 150 valence electrons. The highest BCUT2D eigenvalue weighted by Crippen LogP contribution is 2.34. The van der Waals surface area contributed by atoms with E-state index in [1.54, 1.807) is 17.3 Å². The number of nitrogens with one attached hydrogen (secondary N) is 2. The van der Waals surface area contributed by atoms with E-state index in [-0.39, 0.29) is 18.0 Å². The van der Waals surface area contributed by atoms with Crippen LogP contribution in [0, 0.1) is 5.92 Å². The van der Waals surface area contributed by atoms with Crippen LogP contribution >= 0.6 is 11.6 Å². The number of carbonyl (C=O) groups is 2. The van der Waals surface area contributed by atoms with E-state index in [4.69, 9.17) is 16.3 Å². The first kappa shape index (κ1) is 20.2. The molecule has 7 nitrogen and oxygen atoms in total. The van der Waals surface area contributed by atoms with Crippen LogP contribution in [0.3, 0.4) is 0 Å². The zero-order chi connectivity index (χ0) is 20.3. The standard InChI is InChI=1S/C20H25ClN4O3/c1-12(2)9-16(19(26)28-3)24-20(27)25-8-7-15-17(23-11-22-15)18(25)13-5-4-6-14(21)10-13/h4-6,10-12,16,18H,7-9H2,1-3H3,(H,22,23)(H,24,27). The summed E-state index contributed by atoms with van der Waals surface area (Å²) in [7, 11) is 1.33. The van der Waals surface area contributed by atoms with Crippen LogP contribution < -0.4 is 5.32 Å². The lowest BCUT2D eigenvalue weighted by atomic mass is 9.96. The van der Waals surface area contributed by atoms with Crippen molar-refractivity contribution in [3.63, 3.8) is 0 Å². The first-order valence-corrected chi connectivity index (χ1v) is 9.71. The lowest BCUT2D eigenvalue weighted by Gasteiger charge is -2.36. The van der Waals surface area contributed by atoms with Gasteiger partial charge in [0.2, 0.25) is 0 Å². The number of aromatic amines is 1. The molecule has 2 N–H and O–H groups in total. The maximum atomic E-state index is 13.1. The Morgan fingerprint density at radius 2 is 2.21 bits per heavy atom. The lowest BCUT2D eigenvalue weighted by molar-refractivity contribution is -0.143. The molecular weight excluding hydrogens is 380 g/mol. The molecule has 0 bridgehead atoms. The SMILES string of the molecule is COC(=O)C(CC(C)C)NC(=O)N1CCc2[nH]cnc2C1c1cccc(Cl)c1. The minimum atomic E-state index is -0.696. The number of carbonyl (C=O) groups excluding carboxylic acids is 2. The van der Waals surface area contributed by atoms with E-state index >= 15 is 0 Å². The molecule has 8 heteroatoms. The van der Waals surface area contributed by atoms with E-state index in [1.807, 2.05) is 32.0 Å². The van der Waals surface area contributed by atoms with E-state index in [0.29, 0.717) is 24.4 Å². The van der Waals surface area contributed by atoms with Gasteiger partial charge in [-0.1, -0.05) is 37.6 Å². The lowest BCUT2D eigenvalue weighted by Crippen LogP contribution is -2.51. The van der Waals surface area contributed by atoms with Crippen molar-refractivity contribution in [3.8, 4) is 0 Å². The molecule has 0 saturated heterocycles. The minimum Gasteiger partial charge on any atom is -0.467 e. The Morgan fingerprint density at radius 1 is 1.43 bits per heavy atom. The van der Waals surface area contributed by atoms with Crippen LogP contribution in [0.4, 0.5) is 4.79 Å². The average molecular weight is 405 g/mol. The van der Waals surface area contributed by atoms with E-state index in [1.165, 1.54) is 7.11 Å². The van der Waals surface area contributed by atoms with Crippen molar-refractivity contribution in [3.05, 3.63) is 52.6 Å². The molecule has 1 aromatic heterocycles. The molecule has 2 atom stereocenters. The Balaban J connectivity index is 1.90. The van der Waals surface area contributed by atoms with Crippen LogP contribution in [0.25, 0.3) is 0 Å². The Bertz CT molecular complexity index is 851. The summed E-state index contributed by atoms with van der Waals surface area (Å²) in [4.78, 5) is 34.6. The normalized spacial score (nSPS) is 17.2. The molecule has 1 aliphatic rings. The molecular formula is C20H25ClN4O3. The fraction of sp³-hybridized carbons (Fsp3) is 0.450. The summed E-state index contributed by atoms with van der Waals surface area (Å²) in [5.41, 5.74) is 2.66. The van der Waals surface area contributed by atoms with Crippen LogP contribution in [0.2, 0.25) is 5.02 Å². The van der Waals surface area contributed by atoms with Crippen molar-refractivity contribution >= 4 is 23.6 Å². The van der Waals surface area contributed by atoms with Gasteiger partial charge in [0.15, 0.2) is 0 Å². The summed E-state index contributed by atoms with van der Waals surface area (Å²) in [6, 6.07) is 6.00. The van der Waals surface area contributed by atoms with Crippen LogP contribution in [0.15, 0.2) is 30.6 Å². The Morgan fingerprint density at radius 3 is 2.89 bits per heavy atom. The summed E-state index contributed by atoms with van der Waals surface area (Å²) in [5.74, 6) is -0.216. The van der Waals surface area contributed by atoms with Gasteiger partial charge in [0.05, 0.1) is 19.1 Å². The van der Waals surface area contributed by atoms with Crippen molar-refractivity contribution in [1.29, 1.82) is 0 Å². The number of imidazole rings is 1. The predicted molar refractivity (Wildman–Crippen MR) is 106 cm³/mol. The maximum absolute atomic E-state index is 13.1. The highest BCUT2D eigenvalue weighted by atomic mass is 35.5. The van der Waals surface area contributed by atoms with E-state index < -0.39 is 12.0 Å². The monoisotopic (exact) mass is 404 g/mol. The molecule has 1 aromatic carbocycles. The molecule has 0 radical (unpaired) electrons. The number of hydrogen-bond donors (Lipinski definition) is 2. The maximum Gasteiger partial charge on any atom is 0.328 e. The van der Waals surface area contributed by atoms with Gasteiger partial charge in [0.1, 0.15) is 12.1 Å². The number of H-pyrrole nitrogens is 1. The molecule has 2 aromatic rings. The summed E-state index contributed by atoms with van der Waals surface area (Å²) < 4.78 is 4.87. The largest absolute Gasteiger partial charge is 0.467 e. The summed E-state index contributed by atoms with van der Waals surface area (Å²) >= 11 is 6.19. The number of methoxy groups -OCH3 is 1. The van der Waals surface area contributed by atoms with Gasteiger partial charge in [-0.3, -0.25) is 0 Å². The molecule has 3 rings (SSSR count). The number of nitrogens with zero attached hydrogens (tertiary/aromatic N) is 2. The van der Waals surface area contributed by atoms with Crippen molar-refractivity contribution in [1.82, 2.24) is 20.2 Å². The summed E-state index contributed by atoms with van der Waals surface area (Å²) in [6.45, 7) is 4.48. The third kappa shape index (κ3) is 4.30. The Kier molecular flexibility index (Phi) is 6.24.